The molecule has 0 aromatic heterocycles. The van der Waals surface area contributed by atoms with Crippen molar-refractivity contribution >= 4 is 46.6 Å². The Bertz CT molecular complexity index is 1050. The van der Waals surface area contributed by atoms with Crippen LogP contribution in [0.1, 0.15) is 15.9 Å². The van der Waals surface area contributed by atoms with E-state index in [0.717, 1.165) is 10.5 Å². The molecular weight excluding hydrogens is 420 g/mol. The van der Waals surface area contributed by atoms with E-state index in [1.807, 2.05) is 43.3 Å². The van der Waals surface area contributed by atoms with Gasteiger partial charge in [-0.2, -0.15) is 0 Å². The quantitative estimate of drug-likeness (QED) is 0.466. The predicted molar refractivity (Wildman–Crippen MR) is 123 cm³/mol. The first-order valence-electron chi connectivity index (χ1n) is 9.19. The molecule has 2 N–H and O–H groups in total. The van der Waals surface area contributed by atoms with E-state index in [4.69, 9.17) is 16.3 Å². The van der Waals surface area contributed by atoms with Crippen LogP contribution in [0.5, 0.6) is 5.75 Å². The third-order valence-electron chi connectivity index (χ3n) is 4.21. The second-order valence-electron chi connectivity index (χ2n) is 6.53. The molecule has 0 radical (unpaired) electrons. The monoisotopic (exact) mass is 440 g/mol. The van der Waals surface area contributed by atoms with Crippen LogP contribution in [0.3, 0.4) is 0 Å². The van der Waals surface area contributed by atoms with Gasteiger partial charge in [0.25, 0.3) is 5.91 Å². The predicted octanol–water partition coefficient (Wildman–Crippen LogP) is 5.64. The standard InChI is InChI=1S/C23H21ClN2O3S/c1-15-6-8-16(9-7-15)23(28)25-18-4-3-5-19(13-18)30-14-22(27)26-20-12-17(24)10-11-21(20)29-2/h3-13H,14H2,1-2H3,(H,25,28)(H,26,27). The summed E-state index contributed by atoms with van der Waals surface area (Å²) >= 11 is 7.36. The van der Waals surface area contributed by atoms with Gasteiger partial charge in [0.15, 0.2) is 0 Å². The first-order valence-corrected chi connectivity index (χ1v) is 10.6. The van der Waals surface area contributed by atoms with Crippen LogP contribution in [0, 0.1) is 6.92 Å². The first kappa shape index (κ1) is 21.7. The zero-order valence-corrected chi connectivity index (χ0v) is 18.1. The molecule has 5 nitrogen and oxygen atoms in total. The highest BCUT2D eigenvalue weighted by Crippen LogP contribution is 2.28. The van der Waals surface area contributed by atoms with Gasteiger partial charge in [0, 0.05) is 21.2 Å². The lowest BCUT2D eigenvalue weighted by Gasteiger charge is -2.11. The van der Waals surface area contributed by atoms with Crippen LogP contribution < -0.4 is 15.4 Å². The van der Waals surface area contributed by atoms with Gasteiger partial charge in [0.05, 0.1) is 18.6 Å². The van der Waals surface area contributed by atoms with Gasteiger partial charge in [0.1, 0.15) is 5.75 Å². The fraction of sp³-hybridized carbons (Fsp3) is 0.130. The summed E-state index contributed by atoms with van der Waals surface area (Å²) in [4.78, 5) is 25.6. The van der Waals surface area contributed by atoms with Crippen LogP contribution in [0.4, 0.5) is 11.4 Å². The van der Waals surface area contributed by atoms with E-state index in [1.54, 1.807) is 30.3 Å². The molecule has 0 fully saturated rings. The Kier molecular flexibility index (Phi) is 7.38. The number of carbonyl (C=O) groups is 2. The molecule has 0 spiro atoms. The summed E-state index contributed by atoms with van der Waals surface area (Å²) in [7, 11) is 1.53. The van der Waals surface area contributed by atoms with Crippen molar-refractivity contribution in [1.82, 2.24) is 0 Å². The number of methoxy groups -OCH3 is 1. The van der Waals surface area contributed by atoms with Crippen LogP contribution >= 0.6 is 23.4 Å². The van der Waals surface area contributed by atoms with Crippen molar-refractivity contribution in [3.63, 3.8) is 0 Å². The second kappa shape index (κ2) is 10.2. The summed E-state index contributed by atoms with van der Waals surface area (Å²) in [5.41, 5.74) is 2.88. The lowest BCUT2D eigenvalue weighted by atomic mass is 10.1. The molecule has 0 saturated heterocycles. The van der Waals surface area contributed by atoms with Crippen molar-refractivity contribution in [2.75, 3.05) is 23.5 Å². The van der Waals surface area contributed by atoms with E-state index in [0.29, 0.717) is 27.7 Å². The number of nitrogens with one attached hydrogen (secondary N) is 2. The molecule has 0 bridgehead atoms. The van der Waals surface area contributed by atoms with E-state index < -0.39 is 0 Å². The van der Waals surface area contributed by atoms with Gasteiger partial charge in [-0.05, 0) is 55.5 Å². The average molecular weight is 441 g/mol. The van der Waals surface area contributed by atoms with Crippen molar-refractivity contribution in [3.8, 4) is 5.75 Å². The van der Waals surface area contributed by atoms with Crippen molar-refractivity contribution in [1.29, 1.82) is 0 Å². The molecule has 2 amide bonds. The molecule has 0 aliphatic rings. The SMILES string of the molecule is COc1ccc(Cl)cc1NC(=O)CSc1cccc(NC(=O)c2ccc(C)cc2)c1. The Morgan fingerprint density at radius 2 is 1.77 bits per heavy atom. The summed E-state index contributed by atoms with van der Waals surface area (Å²) < 4.78 is 5.24. The second-order valence-corrected chi connectivity index (χ2v) is 8.01. The summed E-state index contributed by atoms with van der Waals surface area (Å²) in [6, 6.07) is 19.8. The molecular formula is C23H21ClN2O3S. The normalized spacial score (nSPS) is 10.4. The summed E-state index contributed by atoms with van der Waals surface area (Å²) in [6.07, 6.45) is 0. The topological polar surface area (TPSA) is 67.4 Å². The smallest absolute Gasteiger partial charge is 0.255 e. The number of hydrogen-bond acceptors (Lipinski definition) is 4. The number of benzene rings is 3. The number of anilines is 2. The van der Waals surface area contributed by atoms with E-state index in [2.05, 4.69) is 10.6 Å². The Balaban J connectivity index is 1.59. The Morgan fingerprint density at radius 3 is 2.50 bits per heavy atom. The van der Waals surface area contributed by atoms with Gasteiger partial charge in [-0.15, -0.1) is 11.8 Å². The number of aryl methyl sites for hydroxylation is 1. The molecule has 0 atom stereocenters. The highest BCUT2D eigenvalue weighted by atomic mass is 35.5. The average Bonchev–Trinajstić information content (AvgIpc) is 2.73. The van der Waals surface area contributed by atoms with Crippen LogP contribution in [0.2, 0.25) is 5.02 Å². The van der Waals surface area contributed by atoms with E-state index in [9.17, 15) is 9.59 Å². The van der Waals surface area contributed by atoms with Crippen LogP contribution in [0.25, 0.3) is 0 Å². The number of hydrogen-bond donors (Lipinski definition) is 2. The molecule has 154 valence electrons. The number of thioether (sulfide) groups is 1. The molecule has 0 unspecified atom stereocenters. The number of rotatable bonds is 7. The van der Waals surface area contributed by atoms with Crippen molar-refractivity contribution in [2.45, 2.75) is 11.8 Å². The number of amides is 2. The van der Waals surface area contributed by atoms with Crippen LogP contribution in [-0.2, 0) is 4.79 Å². The molecule has 0 aliphatic heterocycles. The number of ether oxygens (including phenoxy) is 1. The molecule has 3 aromatic rings. The summed E-state index contributed by atoms with van der Waals surface area (Å²) in [6.45, 7) is 1.97. The fourth-order valence-corrected chi connectivity index (χ4v) is 3.61. The van der Waals surface area contributed by atoms with Crippen molar-refractivity contribution in [3.05, 3.63) is 82.9 Å². The number of carbonyl (C=O) groups excluding carboxylic acids is 2. The summed E-state index contributed by atoms with van der Waals surface area (Å²) in [5.74, 6) is 0.376. The molecule has 0 aliphatic carbocycles. The zero-order chi connectivity index (χ0) is 21.5. The minimum Gasteiger partial charge on any atom is -0.495 e. The molecule has 7 heteroatoms. The largest absolute Gasteiger partial charge is 0.495 e. The van der Waals surface area contributed by atoms with E-state index in [1.165, 1.54) is 18.9 Å². The van der Waals surface area contributed by atoms with Gasteiger partial charge in [-0.3, -0.25) is 9.59 Å². The zero-order valence-electron chi connectivity index (χ0n) is 16.6. The highest BCUT2D eigenvalue weighted by molar-refractivity contribution is 8.00. The lowest BCUT2D eigenvalue weighted by molar-refractivity contribution is -0.113. The van der Waals surface area contributed by atoms with Gasteiger partial charge in [-0.1, -0.05) is 35.4 Å². The van der Waals surface area contributed by atoms with Gasteiger partial charge >= 0.3 is 0 Å². The minimum absolute atomic E-state index is 0.178. The third-order valence-corrected chi connectivity index (χ3v) is 5.44. The summed E-state index contributed by atoms with van der Waals surface area (Å²) in [5, 5.41) is 6.20. The third kappa shape index (κ3) is 6.02. The van der Waals surface area contributed by atoms with Crippen molar-refractivity contribution < 1.29 is 14.3 Å². The maximum absolute atomic E-state index is 12.4. The fourth-order valence-electron chi connectivity index (χ4n) is 2.68. The maximum atomic E-state index is 12.4. The Labute approximate surface area is 184 Å². The van der Waals surface area contributed by atoms with Crippen LogP contribution in [0.15, 0.2) is 71.6 Å². The number of halogens is 1. The molecule has 0 heterocycles. The van der Waals surface area contributed by atoms with Gasteiger partial charge in [0.2, 0.25) is 5.91 Å². The molecule has 0 saturated carbocycles. The molecule has 3 aromatic carbocycles. The van der Waals surface area contributed by atoms with Crippen LogP contribution in [-0.4, -0.2) is 24.7 Å². The van der Waals surface area contributed by atoms with Gasteiger partial charge in [-0.25, -0.2) is 0 Å². The highest BCUT2D eigenvalue weighted by Gasteiger charge is 2.10. The van der Waals surface area contributed by atoms with E-state index in [-0.39, 0.29) is 17.6 Å². The molecule has 3 rings (SSSR count). The lowest BCUT2D eigenvalue weighted by Crippen LogP contribution is -2.14. The first-order chi connectivity index (χ1) is 14.4. The van der Waals surface area contributed by atoms with Gasteiger partial charge < -0.3 is 15.4 Å². The van der Waals surface area contributed by atoms with Crippen molar-refractivity contribution in [2.24, 2.45) is 0 Å². The minimum atomic E-state index is -0.185. The molecule has 30 heavy (non-hydrogen) atoms. The maximum Gasteiger partial charge on any atom is 0.255 e. The Morgan fingerprint density at radius 1 is 1.00 bits per heavy atom. The Hall–Kier alpha value is -2.96. The van der Waals surface area contributed by atoms with E-state index >= 15 is 0 Å².